The Kier molecular flexibility index (Phi) is 1.74. The van der Waals surface area contributed by atoms with Gasteiger partial charge in [0, 0.05) is 18.5 Å². The highest BCUT2D eigenvalue weighted by molar-refractivity contribution is 5.10. The van der Waals surface area contributed by atoms with Crippen LogP contribution in [0.2, 0.25) is 0 Å². The van der Waals surface area contributed by atoms with Gasteiger partial charge in [0.2, 0.25) is 0 Å². The minimum Gasteiger partial charge on any atom is -0.392 e. The summed E-state index contributed by atoms with van der Waals surface area (Å²) in [6.07, 6.45) is 1.23. The van der Waals surface area contributed by atoms with Crippen molar-refractivity contribution in [3.05, 3.63) is 0 Å². The minimum atomic E-state index is -0.0197. The van der Waals surface area contributed by atoms with Gasteiger partial charge in [-0.3, -0.25) is 0 Å². The zero-order valence-electron chi connectivity index (χ0n) is 8.25. The van der Waals surface area contributed by atoms with E-state index in [0.29, 0.717) is 17.3 Å². The maximum absolute atomic E-state index is 9.94. The lowest BCUT2D eigenvalue weighted by atomic mass is 9.53. The SMILES string of the molecule is CC(C)C1CC2(CN(C)C2)C1O. The van der Waals surface area contributed by atoms with E-state index in [2.05, 4.69) is 25.8 Å². The fourth-order valence-electron chi connectivity index (χ4n) is 2.94. The van der Waals surface area contributed by atoms with Gasteiger partial charge in [-0.1, -0.05) is 13.8 Å². The summed E-state index contributed by atoms with van der Waals surface area (Å²) in [5.74, 6) is 1.22. The summed E-state index contributed by atoms with van der Waals surface area (Å²) in [6.45, 7) is 6.64. The molecule has 1 saturated carbocycles. The summed E-state index contributed by atoms with van der Waals surface area (Å²) >= 11 is 0. The fraction of sp³-hybridized carbons (Fsp3) is 1.00. The van der Waals surface area contributed by atoms with Crippen LogP contribution in [0.25, 0.3) is 0 Å². The highest BCUT2D eigenvalue weighted by atomic mass is 16.3. The molecule has 0 amide bonds. The molecule has 70 valence electrons. The van der Waals surface area contributed by atoms with E-state index in [4.69, 9.17) is 0 Å². The average Bonchev–Trinajstić information content (AvgIpc) is 1.93. The number of hydrogen-bond acceptors (Lipinski definition) is 2. The lowest BCUT2D eigenvalue weighted by Crippen LogP contribution is -2.69. The summed E-state index contributed by atoms with van der Waals surface area (Å²) in [6, 6.07) is 0. The first-order chi connectivity index (χ1) is 5.55. The molecule has 1 saturated heterocycles. The van der Waals surface area contributed by atoms with E-state index in [9.17, 15) is 5.11 Å². The van der Waals surface area contributed by atoms with Gasteiger partial charge in [-0.05, 0) is 25.3 Å². The van der Waals surface area contributed by atoms with Gasteiger partial charge < -0.3 is 10.0 Å². The normalized spacial score (nSPS) is 39.8. The lowest BCUT2D eigenvalue weighted by Gasteiger charge is -2.62. The molecule has 0 bridgehead atoms. The maximum atomic E-state index is 9.94. The van der Waals surface area contributed by atoms with Crippen molar-refractivity contribution in [1.29, 1.82) is 0 Å². The maximum Gasteiger partial charge on any atom is 0.0651 e. The fourth-order valence-corrected chi connectivity index (χ4v) is 2.94. The van der Waals surface area contributed by atoms with Crippen LogP contribution in [0.4, 0.5) is 0 Å². The molecule has 0 aromatic carbocycles. The third kappa shape index (κ3) is 0.944. The molecule has 2 fully saturated rings. The standard InChI is InChI=1S/C10H19NO/c1-7(2)8-4-10(9(8)12)5-11(3)6-10/h7-9,12H,4-6H2,1-3H3. The predicted octanol–water partition coefficient (Wildman–Crippen LogP) is 0.955. The summed E-state index contributed by atoms with van der Waals surface area (Å²) in [5.41, 5.74) is 0.309. The summed E-state index contributed by atoms with van der Waals surface area (Å²) < 4.78 is 0. The van der Waals surface area contributed by atoms with Crippen LogP contribution in [0.1, 0.15) is 20.3 Å². The van der Waals surface area contributed by atoms with E-state index >= 15 is 0 Å². The minimum absolute atomic E-state index is 0.0197. The van der Waals surface area contributed by atoms with Crippen molar-refractivity contribution >= 4 is 0 Å². The van der Waals surface area contributed by atoms with Crippen molar-refractivity contribution in [2.45, 2.75) is 26.4 Å². The van der Waals surface area contributed by atoms with Crippen molar-refractivity contribution in [2.75, 3.05) is 20.1 Å². The van der Waals surface area contributed by atoms with E-state index in [-0.39, 0.29) is 6.10 Å². The van der Waals surface area contributed by atoms with Gasteiger partial charge in [-0.25, -0.2) is 0 Å². The number of aliphatic hydroxyl groups excluding tert-OH is 1. The van der Waals surface area contributed by atoms with Crippen LogP contribution in [0, 0.1) is 17.3 Å². The molecular formula is C10H19NO. The van der Waals surface area contributed by atoms with Gasteiger partial charge in [-0.15, -0.1) is 0 Å². The largest absolute Gasteiger partial charge is 0.392 e. The molecule has 2 atom stereocenters. The van der Waals surface area contributed by atoms with Crippen LogP contribution < -0.4 is 0 Å². The zero-order valence-corrected chi connectivity index (χ0v) is 8.25. The van der Waals surface area contributed by atoms with E-state index in [1.165, 1.54) is 6.42 Å². The van der Waals surface area contributed by atoms with E-state index in [1.54, 1.807) is 0 Å². The van der Waals surface area contributed by atoms with Crippen LogP contribution in [-0.2, 0) is 0 Å². The third-order valence-electron chi connectivity index (χ3n) is 3.70. The van der Waals surface area contributed by atoms with Gasteiger partial charge in [0.15, 0.2) is 0 Å². The number of aliphatic hydroxyl groups is 1. The van der Waals surface area contributed by atoms with Crippen LogP contribution in [0.15, 0.2) is 0 Å². The van der Waals surface area contributed by atoms with E-state index in [0.717, 1.165) is 13.1 Å². The quantitative estimate of drug-likeness (QED) is 0.632. The number of nitrogens with zero attached hydrogens (tertiary/aromatic N) is 1. The predicted molar refractivity (Wildman–Crippen MR) is 48.9 cm³/mol. The van der Waals surface area contributed by atoms with Crippen LogP contribution >= 0.6 is 0 Å². The first-order valence-corrected chi connectivity index (χ1v) is 4.92. The molecular weight excluding hydrogens is 150 g/mol. The van der Waals surface area contributed by atoms with Crippen molar-refractivity contribution in [3.8, 4) is 0 Å². The van der Waals surface area contributed by atoms with E-state index < -0.39 is 0 Å². The molecule has 1 aliphatic carbocycles. The topological polar surface area (TPSA) is 23.5 Å². The van der Waals surface area contributed by atoms with Gasteiger partial charge in [0.05, 0.1) is 6.10 Å². The molecule has 1 aliphatic heterocycles. The Bertz CT molecular complexity index is 184. The van der Waals surface area contributed by atoms with Crippen LogP contribution in [0.5, 0.6) is 0 Å². The molecule has 2 heteroatoms. The van der Waals surface area contributed by atoms with Gasteiger partial charge in [0.1, 0.15) is 0 Å². The third-order valence-corrected chi connectivity index (χ3v) is 3.70. The number of hydrogen-bond donors (Lipinski definition) is 1. The molecule has 12 heavy (non-hydrogen) atoms. The second kappa shape index (κ2) is 2.46. The second-order valence-corrected chi connectivity index (χ2v) is 5.09. The molecule has 1 N–H and O–H groups in total. The highest BCUT2D eigenvalue weighted by Gasteiger charge is 2.58. The van der Waals surface area contributed by atoms with Crippen molar-refractivity contribution in [2.24, 2.45) is 17.3 Å². The smallest absolute Gasteiger partial charge is 0.0651 e. The Morgan fingerprint density at radius 2 is 2.00 bits per heavy atom. The molecule has 1 heterocycles. The molecule has 2 nitrogen and oxygen atoms in total. The summed E-state index contributed by atoms with van der Waals surface area (Å²) in [7, 11) is 2.13. The Labute approximate surface area is 74.6 Å². The first-order valence-electron chi connectivity index (χ1n) is 4.92. The van der Waals surface area contributed by atoms with Crippen LogP contribution in [-0.4, -0.2) is 36.2 Å². The monoisotopic (exact) mass is 169 g/mol. The van der Waals surface area contributed by atoms with Crippen LogP contribution in [0.3, 0.4) is 0 Å². The Hall–Kier alpha value is -0.0800. The van der Waals surface area contributed by atoms with E-state index in [1.807, 2.05) is 0 Å². The molecule has 2 rings (SSSR count). The first kappa shape index (κ1) is 8.52. The number of likely N-dealkylation sites (tertiary alicyclic amines) is 1. The van der Waals surface area contributed by atoms with Crippen molar-refractivity contribution in [1.82, 2.24) is 4.90 Å². The molecule has 0 radical (unpaired) electrons. The molecule has 1 spiro atoms. The van der Waals surface area contributed by atoms with Gasteiger partial charge >= 0.3 is 0 Å². The molecule has 0 aromatic heterocycles. The Morgan fingerprint density at radius 3 is 2.33 bits per heavy atom. The number of rotatable bonds is 1. The summed E-state index contributed by atoms with van der Waals surface area (Å²) in [5, 5.41) is 9.94. The summed E-state index contributed by atoms with van der Waals surface area (Å²) in [4.78, 5) is 2.29. The molecule has 2 aliphatic rings. The molecule has 2 unspecified atom stereocenters. The zero-order chi connectivity index (χ0) is 8.93. The van der Waals surface area contributed by atoms with Crippen molar-refractivity contribution in [3.63, 3.8) is 0 Å². The molecule has 0 aromatic rings. The highest BCUT2D eigenvalue weighted by Crippen LogP contribution is 2.53. The van der Waals surface area contributed by atoms with Gasteiger partial charge in [0.25, 0.3) is 0 Å². The second-order valence-electron chi connectivity index (χ2n) is 5.09. The van der Waals surface area contributed by atoms with Crippen molar-refractivity contribution < 1.29 is 5.11 Å². The Morgan fingerprint density at radius 1 is 1.42 bits per heavy atom. The van der Waals surface area contributed by atoms with Gasteiger partial charge in [-0.2, -0.15) is 0 Å². The average molecular weight is 169 g/mol. The Balaban J connectivity index is 1.93. The lowest BCUT2D eigenvalue weighted by molar-refractivity contribution is -0.201.